The summed E-state index contributed by atoms with van der Waals surface area (Å²) in [6.45, 7) is 4.52. The second-order valence-electron chi connectivity index (χ2n) is 7.02. The molecule has 0 aromatic heterocycles. The molecular weight excluding hydrogens is 330 g/mol. The lowest BCUT2D eigenvalue weighted by Gasteiger charge is -2.04. The maximum absolute atomic E-state index is 11.7. The summed E-state index contributed by atoms with van der Waals surface area (Å²) in [4.78, 5) is 22.2. The van der Waals surface area contributed by atoms with E-state index in [0.29, 0.717) is 12.0 Å². The van der Waals surface area contributed by atoms with Crippen molar-refractivity contribution in [1.82, 2.24) is 5.43 Å². The molecule has 144 valence electrons. The summed E-state index contributed by atoms with van der Waals surface area (Å²) in [6.07, 6.45) is 11.2. The van der Waals surface area contributed by atoms with Crippen LogP contribution in [0.1, 0.15) is 77.2 Å². The van der Waals surface area contributed by atoms with Crippen molar-refractivity contribution in [3.63, 3.8) is 0 Å². The predicted octanol–water partition coefficient (Wildman–Crippen LogP) is 5.21. The fourth-order valence-corrected chi connectivity index (χ4v) is 2.71. The lowest BCUT2D eigenvalue weighted by molar-refractivity contribution is -0.385. The van der Waals surface area contributed by atoms with Gasteiger partial charge in [0.25, 0.3) is 5.69 Å². The SMILES string of the molecule is CC(C)CCCCCCCCCC(=O)NN=Cc1ccccc1[N+](=O)[O-]. The molecule has 26 heavy (non-hydrogen) atoms. The van der Waals surface area contributed by atoms with Gasteiger partial charge >= 0.3 is 0 Å². The third kappa shape index (κ3) is 9.91. The molecule has 6 nitrogen and oxygen atoms in total. The summed E-state index contributed by atoms with van der Waals surface area (Å²) in [5, 5.41) is 14.7. The fourth-order valence-electron chi connectivity index (χ4n) is 2.71. The first-order valence-corrected chi connectivity index (χ1v) is 9.56. The quantitative estimate of drug-likeness (QED) is 0.226. The minimum Gasteiger partial charge on any atom is -0.273 e. The summed E-state index contributed by atoms with van der Waals surface area (Å²) in [5.74, 6) is 0.640. The number of amides is 1. The number of nitrogens with zero attached hydrogens (tertiary/aromatic N) is 2. The van der Waals surface area contributed by atoms with Gasteiger partial charge in [-0.1, -0.05) is 70.9 Å². The molecule has 0 aliphatic rings. The third-order valence-corrected chi connectivity index (χ3v) is 4.21. The van der Waals surface area contributed by atoms with E-state index in [2.05, 4.69) is 24.4 Å². The van der Waals surface area contributed by atoms with Crippen molar-refractivity contribution in [3.8, 4) is 0 Å². The Kier molecular flexibility index (Phi) is 10.9. The van der Waals surface area contributed by atoms with E-state index < -0.39 is 4.92 Å². The summed E-state index contributed by atoms with van der Waals surface area (Å²) in [7, 11) is 0. The first-order chi connectivity index (χ1) is 12.5. The molecule has 0 aliphatic heterocycles. The monoisotopic (exact) mass is 361 g/mol. The van der Waals surface area contributed by atoms with Crippen LogP contribution in [-0.2, 0) is 4.79 Å². The Hall–Kier alpha value is -2.24. The summed E-state index contributed by atoms with van der Waals surface area (Å²) < 4.78 is 0. The summed E-state index contributed by atoms with van der Waals surface area (Å²) in [6, 6.07) is 6.29. The number of hydrogen-bond acceptors (Lipinski definition) is 4. The lowest BCUT2D eigenvalue weighted by Crippen LogP contribution is -2.17. The van der Waals surface area contributed by atoms with E-state index >= 15 is 0 Å². The molecule has 1 amide bonds. The van der Waals surface area contributed by atoms with Crippen molar-refractivity contribution in [2.24, 2.45) is 11.0 Å². The maximum atomic E-state index is 11.7. The Balaban J connectivity index is 2.11. The number of unbranched alkanes of at least 4 members (excludes halogenated alkanes) is 6. The van der Waals surface area contributed by atoms with Gasteiger partial charge in [-0.25, -0.2) is 5.43 Å². The number of hydrazone groups is 1. The summed E-state index contributed by atoms with van der Waals surface area (Å²) in [5.41, 5.74) is 2.78. The zero-order valence-corrected chi connectivity index (χ0v) is 15.9. The van der Waals surface area contributed by atoms with Crippen LogP contribution in [0.3, 0.4) is 0 Å². The van der Waals surface area contributed by atoms with Crippen LogP contribution in [0.2, 0.25) is 0 Å². The molecule has 0 bridgehead atoms. The van der Waals surface area contributed by atoms with Crippen LogP contribution in [0.15, 0.2) is 29.4 Å². The number of hydrogen-bond donors (Lipinski definition) is 1. The zero-order chi connectivity index (χ0) is 19.2. The number of nitrogens with one attached hydrogen (secondary N) is 1. The van der Waals surface area contributed by atoms with E-state index in [9.17, 15) is 14.9 Å². The second-order valence-corrected chi connectivity index (χ2v) is 7.02. The molecule has 0 radical (unpaired) electrons. The van der Waals surface area contributed by atoms with Gasteiger partial charge in [0.05, 0.1) is 16.7 Å². The van der Waals surface area contributed by atoms with Crippen molar-refractivity contribution in [2.45, 2.75) is 71.6 Å². The Bertz CT molecular complexity index is 585. The van der Waals surface area contributed by atoms with E-state index in [1.165, 1.54) is 44.4 Å². The van der Waals surface area contributed by atoms with Gasteiger partial charge in [-0.2, -0.15) is 5.10 Å². The topological polar surface area (TPSA) is 84.6 Å². The van der Waals surface area contributed by atoms with Gasteiger partial charge < -0.3 is 0 Å². The van der Waals surface area contributed by atoms with Gasteiger partial charge in [-0.05, 0) is 18.4 Å². The molecule has 0 saturated heterocycles. The van der Waals surface area contributed by atoms with Gasteiger partial charge in [0.2, 0.25) is 5.91 Å². The van der Waals surface area contributed by atoms with Crippen molar-refractivity contribution >= 4 is 17.8 Å². The molecule has 0 unspecified atom stereocenters. The summed E-state index contributed by atoms with van der Waals surface area (Å²) >= 11 is 0. The maximum Gasteiger partial charge on any atom is 0.278 e. The highest BCUT2D eigenvalue weighted by Gasteiger charge is 2.10. The van der Waals surface area contributed by atoms with Crippen LogP contribution in [0.4, 0.5) is 5.69 Å². The molecule has 6 heteroatoms. The van der Waals surface area contributed by atoms with Crippen LogP contribution in [-0.4, -0.2) is 17.0 Å². The Morgan fingerprint density at radius 3 is 2.38 bits per heavy atom. The molecule has 1 aromatic rings. The molecular formula is C20H31N3O3. The van der Waals surface area contributed by atoms with Gasteiger partial charge in [-0.15, -0.1) is 0 Å². The molecule has 0 aliphatic carbocycles. The average Bonchev–Trinajstić information content (AvgIpc) is 2.60. The van der Waals surface area contributed by atoms with Gasteiger partial charge in [-0.3, -0.25) is 14.9 Å². The number of carbonyl (C=O) groups excluding carboxylic acids is 1. The minimum atomic E-state index is -0.466. The van der Waals surface area contributed by atoms with Crippen molar-refractivity contribution in [2.75, 3.05) is 0 Å². The number of nitro groups is 1. The Morgan fingerprint density at radius 1 is 1.12 bits per heavy atom. The standard InChI is InChI=1S/C20H31N3O3/c1-17(2)12-8-6-4-3-5-7-9-15-20(24)22-21-16-18-13-10-11-14-19(18)23(25)26/h10-11,13-14,16-17H,3-9,12,15H2,1-2H3,(H,22,24). The van der Waals surface area contributed by atoms with E-state index in [1.54, 1.807) is 18.2 Å². The molecule has 0 heterocycles. The number of rotatable bonds is 13. The molecule has 0 saturated carbocycles. The normalized spacial score (nSPS) is 11.2. The van der Waals surface area contributed by atoms with Crippen LogP contribution < -0.4 is 5.43 Å². The van der Waals surface area contributed by atoms with Crippen LogP contribution >= 0.6 is 0 Å². The van der Waals surface area contributed by atoms with Crippen LogP contribution in [0.25, 0.3) is 0 Å². The third-order valence-electron chi connectivity index (χ3n) is 4.21. The second kappa shape index (κ2) is 13.0. The number of carbonyl (C=O) groups is 1. The average molecular weight is 361 g/mol. The van der Waals surface area contributed by atoms with Crippen LogP contribution in [0.5, 0.6) is 0 Å². The smallest absolute Gasteiger partial charge is 0.273 e. The first kappa shape index (κ1) is 21.8. The number of para-hydroxylation sites is 1. The minimum absolute atomic E-state index is 0.0288. The first-order valence-electron chi connectivity index (χ1n) is 9.56. The highest BCUT2D eigenvalue weighted by atomic mass is 16.6. The molecule has 1 aromatic carbocycles. The lowest BCUT2D eigenvalue weighted by atomic mass is 10.0. The van der Waals surface area contributed by atoms with E-state index in [4.69, 9.17) is 0 Å². The Morgan fingerprint density at radius 2 is 1.73 bits per heavy atom. The van der Waals surface area contributed by atoms with E-state index in [0.717, 1.165) is 25.2 Å². The fraction of sp³-hybridized carbons (Fsp3) is 0.600. The highest BCUT2D eigenvalue weighted by molar-refractivity contribution is 5.86. The molecule has 0 spiro atoms. The van der Waals surface area contributed by atoms with Gasteiger partial charge in [0.15, 0.2) is 0 Å². The van der Waals surface area contributed by atoms with E-state index in [1.807, 2.05) is 0 Å². The van der Waals surface area contributed by atoms with Gasteiger partial charge in [0, 0.05) is 12.5 Å². The van der Waals surface area contributed by atoms with Crippen LogP contribution in [0, 0.1) is 16.0 Å². The molecule has 1 N–H and O–H groups in total. The van der Waals surface area contributed by atoms with Crippen molar-refractivity contribution < 1.29 is 9.72 Å². The number of nitro benzene ring substituents is 1. The number of benzene rings is 1. The molecule has 0 atom stereocenters. The van der Waals surface area contributed by atoms with Gasteiger partial charge in [0.1, 0.15) is 0 Å². The van der Waals surface area contributed by atoms with E-state index in [-0.39, 0.29) is 11.6 Å². The Labute approximate surface area is 156 Å². The highest BCUT2D eigenvalue weighted by Crippen LogP contribution is 2.15. The largest absolute Gasteiger partial charge is 0.278 e. The van der Waals surface area contributed by atoms with Crippen molar-refractivity contribution in [1.29, 1.82) is 0 Å². The zero-order valence-electron chi connectivity index (χ0n) is 15.9. The molecule has 1 rings (SSSR count). The predicted molar refractivity (Wildman–Crippen MR) is 105 cm³/mol. The molecule has 0 fully saturated rings. The van der Waals surface area contributed by atoms with Crippen molar-refractivity contribution in [3.05, 3.63) is 39.9 Å².